The van der Waals surface area contributed by atoms with Crippen molar-refractivity contribution in [3.05, 3.63) is 0 Å². The summed E-state index contributed by atoms with van der Waals surface area (Å²) in [5.41, 5.74) is 0. The summed E-state index contributed by atoms with van der Waals surface area (Å²) >= 11 is 0. The number of unbranched alkanes of at least 4 members (excludes halogenated alkanes) is 1. The maximum absolute atomic E-state index is 5.50. The zero-order chi connectivity index (χ0) is 15.1. The summed E-state index contributed by atoms with van der Waals surface area (Å²) in [5.74, 6) is 0.796. The molecule has 0 radical (unpaired) electrons. The first kappa shape index (κ1) is 23.1. The molecule has 0 spiro atoms. The molecule has 0 aromatic rings. The van der Waals surface area contributed by atoms with Crippen LogP contribution < -0.4 is 0 Å². The van der Waals surface area contributed by atoms with Crippen molar-refractivity contribution in [3.8, 4) is 0 Å². The summed E-state index contributed by atoms with van der Waals surface area (Å²) in [6.07, 6.45) is 3.96. The van der Waals surface area contributed by atoms with Crippen molar-refractivity contribution >= 4 is 0 Å². The largest absolute Gasteiger partial charge is 0.379 e. The Kier molecular flexibility index (Phi) is 19.7. The molecule has 0 aromatic heterocycles. The second kappa shape index (κ2) is 17.9. The molecule has 0 fully saturated rings. The van der Waals surface area contributed by atoms with Crippen molar-refractivity contribution in [1.82, 2.24) is 0 Å². The second-order valence-corrected chi connectivity index (χ2v) is 5.65. The Hall–Kier alpha value is -0.160. The SMILES string of the molecule is C.CC(C)CCCCOCCOCCOCCOC(C)C. The lowest BCUT2D eigenvalue weighted by Crippen LogP contribution is -2.13. The molecular formula is C17H38O4. The van der Waals surface area contributed by atoms with Crippen LogP contribution in [0.15, 0.2) is 0 Å². The fraction of sp³-hybridized carbons (Fsp3) is 1.00. The first-order valence-electron chi connectivity index (χ1n) is 7.97. The number of ether oxygens (including phenoxy) is 4. The first-order valence-corrected chi connectivity index (χ1v) is 7.97. The van der Waals surface area contributed by atoms with E-state index in [2.05, 4.69) is 13.8 Å². The Labute approximate surface area is 132 Å². The highest BCUT2D eigenvalue weighted by Crippen LogP contribution is 2.05. The van der Waals surface area contributed by atoms with Crippen molar-refractivity contribution in [2.24, 2.45) is 5.92 Å². The predicted octanol–water partition coefficient (Wildman–Crippen LogP) is 3.92. The van der Waals surface area contributed by atoms with Crippen LogP contribution in [0.25, 0.3) is 0 Å². The van der Waals surface area contributed by atoms with Gasteiger partial charge in [0.25, 0.3) is 0 Å². The monoisotopic (exact) mass is 306 g/mol. The van der Waals surface area contributed by atoms with Crippen LogP contribution in [0, 0.1) is 5.92 Å². The van der Waals surface area contributed by atoms with Crippen LogP contribution in [-0.2, 0) is 18.9 Å². The normalized spacial score (nSPS) is 11.1. The number of rotatable bonds is 15. The summed E-state index contributed by atoms with van der Waals surface area (Å²) < 4.78 is 21.7. The van der Waals surface area contributed by atoms with Gasteiger partial charge in [0.1, 0.15) is 0 Å². The molecule has 0 atom stereocenters. The standard InChI is InChI=1S/C16H34O4.CH4/c1-15(2)7-5-6-8-17-9-10-18-11-12-19-13-14-20-16(3)4;/h15-16H,5-14H2,1-4H3;1H4. The molecule has 0 unspecified atom stereocenters. The van der Waals surface area contributed by atoms with Gasteiger partial charge >= 0.3 is 0 Å². The average molecular weight is 306 g/mol. The summed E-state index contributed by atoms with van der Waals surface area (Å²) in [4.78, 5) is 0. The minimum Gasteiger partial charge on any atom is -0.379 e. The van der Waals surface area contributed by atoms with E-state index >= 15 is 0 Å². The summed E-state index contributed by atoms with van der Waals surface area (Å²) in [6.45, 7) is 13.3. The van der Waals surface area contributed by atoms with Crippen molar-refractivity contribution < 1.29 is 18.9 Å². The van der Waals surface area contributed by atoms with Gasteiger partial charge < -0.3 is 18.9 Å². The predicted molar refractivity (Wildman–Crippen MR) is 89.0 cm³/mol. The quantitative estimate of drug-likeness (QED) is 0.430. The Morgan fingerprint density at radius 3 is 1.57 bits per heavy atom. The van der Waals surface area contributed by atoms with Gasteiger partial charge in [-0.3, -0.25) is 0 Å². The van der Waals surface area contributed by atoms with Gasteiger partial charge in [0.2, 0.25) is 0 Å². The Morgan fingerprint density at radius 2 is 1.10 bits per heavy atom. The van der Waals surface area contributed by atoms with Gasteiger partial charge in [-0.25, -0.2) is 0 Å². The highest BCUT2D eigenvalue weighted by molar-refractivity contribution is 4.46. The molecule has 4 heteroatoms. The van der Waals surface area contributed by atoms with E-state index in [0.29, 0.717) is 39.6 Å². The highest BCUT2D eigenvalue weighted by atomic mass is 16.6. The van der Waals surface area contributed by atoms with E-state index < -0.39 is 0 Å². The molecule has 0 amide bonds. The molecule has 21 heavy (non-hydrogen) atoms. The number of hydrogen-bond acceptors (Lipinski definition) is 4. The van der Waals surface area contributed by atoms with Gasteiger partial charge in [0.15, 0.2) is 0 Å². The molecular weight excluding hydrogens is 268 g/mol. The molecule has 0 aliphatic carbocycles. The fourth-order valence-corrected chi connectivity index (χ4v) is 1.64. The minimum atomic E-state index is 0. The first-order chi connectivity index (χ1) is 9.63. The third-order valence-corrected chi connectivity index (χ3v) is 2.74. The highest BCUT2D eigenvalue weighted by Gasteiger charge is 1.96. The van der Waals surface area contributed by atoms with Gasteiger partial charge in [-0.15, -0.1) is 0 Å². The summed E-state index contributed by atoms with van der Waals surface area (Å²) in [5, 5.41) is 0. The van der Waals surface area contributed by atoms with Crippen LogP contribution in [0.3, 0.4) is 0 Å². The summed E-state index contributed by atoms with van der Waals surface area (Å²) in [7, 11) is 0. The molecule has 130 valence electrons. The molecule has 0 aromatic carbocycles. The van der Waals surface area contributed by atoms with Crippen LogP contribution in [0.4, 0.5) is 0 Å². The van der Waals surface area contributed by atoms with E-state index in [1.54, 1.807) is 0 Å². The van der Waals surface area contributed by atoms with Crippen molar-refractivity contribution in [2.45, 2.75) is 60.5 Å². The topological polar surface area (TPSA) is 36.9 Å². The third kappa shape index (κ3) is 22.3. The van der Waals surface area contributed by atoms with Crippen molar-refractivity contribution in [1.29, 1.82) is 0 Å². The average Bonchev–Trinajstić information content (AvgIpc) is 2.38. The number of hydrogen-bond donors (Lipinski definition) is 0. The van der Waals surface area contributed by atoms with E-state index in [1.165, 1.54) is 12.8 Å². The van der Waals surface area contributed by atoms with Gasteiger partial charge in [-0.2, -0.15) is 0 Å². The van der Waals surface area contributed by atoms with Crippen molar-refractivity contribution in [3.63, 3.8) is 0 Å². The lowest BCUT2D eigenvalue weighted by molar-refractivity contribution is -0.0119. The Balaban J connectivity index is 0. The van der Waals surface area contributed by atoms with Crippen LogP contribution >= 0.6 is 0 Å². The third-order valence-electron chi connectivity index (χ3n) is 2.74. The maximum atomic E-state index is 5.50. The van der Waals surface area contributed by atoms with E-state index in [9.17, 15) is 0 Å². The molecule has 4 nitrogen and oxygen atoms in total. The molecule has 0 rings (SSSR count). The second-order valence-electron chi connectivity index (χ2n) is 5.65. The van der Waals surface area contributed by atoms with E-state index in [4.69, 9.17) is 18.9 Å². The van der Waals surface area contributed by atoms with Gasteiger partial charge in [-0.1, -0.05) is 34.1 Å². The maximum Gasteiger partial charge on any atom is 0.0703 e. The van der Waals surface area contributed by atoms with Crippen LogP contribution in [0.1, 0.15) is 54.4 Å². The molecule has 0 heterocycles. The van der Waals surface area contributed by atoms with Gasteiger partial charge in [0, 0.05) is 6.61 Å². The molecule has 0 N–H and O–H groups in total. The van der Waals surface area contributed by atoms with Gasteiger partial charge in [0.05, 0.1) is 45.7 Å². The Morgan fingerprint density at radius 1 is 0.619 bits per heavy atom. The lowest BCUT2D eigenvalue weighted by atomic mass is 10.1. The zero-order valence-electron chi connectivity index (χ0n) is 13.9. The van der Waals surface area contributed by atoms with E-state index in [-0.39, 0.29) is 13.5 Å². The Bertz CT molecular complexity index is 164. The molecule has 0 bridgehead atoms. The van der Waals surface area contributed by atoms with Gasteiger partial charge in [-0.05, 0) is 26.2 Å². The molecule has 0 aliphatic rings. The zero-order valence-corrected chi connectivity index (χ0v) is 13.9. The smallest absolute Gasteiger partial charge is 0.0703 e. The lowest BCUT2D eigenvalue weighted by Gasteiger charge is -2.09. The van der Waals surface area contributed by atoms with Crippen molar-refractivity contribution in [2.75, 3.05) is 46.2 Å². The van der Waals surface area contributed by atoms with Crippen LogP contribution in [0.5, 0.6) is 0 Å². The molecule has 0 saturated heterocycles. The minimum absolute atomic E-state index is 0. The van der Waals surface area contributed by atoms with E-state index in [1.807, 2.05) is 13.8 Å². The fourth-order valence-electron chi connectivity index (χ4n) is 1.64. The summed E-state index contributed by atoms with van der Waals surface area (Å²) in [6, 6.07) is 0. The molecule has 0 aliphatic heterocycles. The van der Waals surface area contributed by atoms with Crippen LogP contribution in [0.2, 0.25) is 0 Å². The van der Waals surface area contributed by atoms with E-state index in [0.717, 1.165) is 18.9 Å². The van der Waals surface area contributed by atoms with Crippen LogP contribution in [-0.4, -0.2) is 52.4 Å². The molecule has 0 saturated carbocycles.